The highest BCUT2D eigenvalue weighted by molar-refractivity contribution is 5.98. The molecule has 1 unspecified atom stereocenters. The van der Waals surface area contributed by atoms with Crippen LogP contribution in [0.4, 0.5) is 17.1 Å². The van der Waals surface area contributed by atoms with E-state index in [9.17, 15) is 0 Å². The lowest BCUT2D eigenvalue weighted by Crippen LogP contribution is -2.32. The minimum Gasteiger partial charge on any atom is -0.310 e. The van der Waals surface area contributed by atoms with Crippen molar-refractivity contribution in [2.45, 2.75) is 31.6 Å². The Morgan fingerprint density at radius 2 is 0.867 bits per heavy atom. The van der Waals surface area contributed by atoms with Crippen molar-refractivity contribution in [3.05, 3.63) is 216 Å². The molecule has 1 aliphatic heterocycles. The minimum atomic E-state index is -0.308. The summed E-state index contributed by atoms with van der Waals surface area (Å²) in [6.07, 6.45) is 0. The SMILES string of the molecule is CC1(C)c2cc(-c3nc(-c4ccccc4)nc(-c4ccccc4)n3)ccc2-c2ccc(N3c4ccc(-c5ccccc5)cc4C4(C)c5ccccc5-c5cccc3c54)cc21. The maximum atomic E-state index is 5.08. The van der Waals surface area contributed by atoms with Crippen LogP contribution in [0.3, 0.4) is 0 Å². The van der Waals surface area contributed by atoms with Crippen molar-refractivity contribution < 1.29 is 0 Å². The topological polar surface area (TPSA) is 41.9 Å². The van der Waals surface area contributed by atoms with Crippen LogP contribution in [-0.4, -0.2) is 15.0 Å². The Bertz CT molecular complexity index is 3130. The van der Waals surface area contributed by atoms with Gasteiger partial charge in [0.05, 0.1) is 11.4 Å². The maximum absolute atomic E-state index is 5.08. The molecule has 0 fully saturated rings. The molecule has 4 heteroatoms. The first-order valence-electron chi connectivity index (χ1n) is 20.8. The number of hydrogen-bond acceptors (Lipinski definition) is 4. The summed E-state index contributed by atoms with van der Waals surface area (Å²) in [6.45, 7) is 7.14. The van der Waals surface area contributed by atoms with Gasteiger partial charge in [-0.15, -0.1) is 0 Å². The second-order valence-corrected chi connectivity index (χ2v) is 17.0. The normalized spacial score (nSPS) is 16.1. The van der Waals surface area contributed by atoms with E-state index in [0.29, 0.717) is 17.5 Å². The van der Waals surface area contributed by atoms with Gasteiger partial charge >= 0.3 is 0 Å². The highest BCUT2D eigenvalue weighted by atomic mass is 15.2. The van der Waals surface area contributed by atoms with Gasteiger partial charge in [0, 0.05) is 33.2 Å². The number of nitrogens with zero attached hydrogens (tertiary/aromatic N) is 4. The van der Waals surface area contributed by atoms with E-state index in [1.54, 1.807) is 0 Å². The van der Waals surface area contributed by atoms with Gasteiger partial charge in [-0.25, -0.2) is 15.0 Å². The van der Waals surface area contributed by atoms with Crippen LogP contribution in [0.15, 0.2) is 188 Å². The van der Waals surface area contributed by atoms with Gasteiger partial charge in [0.1, 0.15) is 0 Å². The van der Waals surface area contributed by atoms with Crippen molar-refractivity contribution in [1.82, 2.24) is 15.0 Å². The second kappa shape index (κ2) is 12.8. The fourth-order valence-corrected chi connectivity index (χ4v) is 10.3. The van der Waals surface area contributed by atoms with E-state index in [4.69, 9.17) is 15.0 Å². The Hall–Kier alpha value is -7.43. The Morgan fingerprint density at radius 3 is 1.55 bits per heavy atom. The van der Waals surface area contributed by atoms with E-state index in [2.05, 4.69) is 177 Å². The summed E-state index contributed by atoms with van der Waals surface area (Å²) >= 11 is 0. The van der Waals surface area contributed by atoms with Gasteiger partial charge in [0.15, 0.2) is 17.5 Å². The van der Waals surface area contributed by atoms with Gasteiger partial charge in [-0.1, -0.05) is 166 Å². The Kier molecular flexibility index (Phi) is 7.37. The first-order valence-corrected chi connectivity index (χ1v) is 20.8. The number of fused-ring (bicyclic) bond motifs is 8. The van der Waals surface area contributed by atoms with Crippen LogP contribution in [0.25, 0.3) is 67.5 Å². The van der Waals surface area contributed by atoms with Crippen molar-refractivity contribution in [3.8, 4) is 67.5 Å². The van der Waals surface area contributed by atoms with Crippen LogP contribution in [0, 0.1) is 0 Å². The molecule has 0 amide bonds. The number of rotatable bonds is 5. The molecule has 0 saturated heterocycles. The number of anilines is 3. The molecule has 12 rings (SSSR count). The van der Waals surface area contributed by atoms with Crippen LogP contribution < -0.4 is 4.90 Å². The maximum Gasteiger partial charge on any atom is 0.164 e. The van der Waals surface area contributed by atoms with Gasteiger partial charge in [-0.3, -0.25) is 0 Å². The Labute approximate surface area is 350 Å². The molecule has 8 aromatic carbocycles. The van der Waals surface area contributed by atoms with E-state index < -0.39 is 0 Å². The Balaban J connectivity index is 0.998. The molecule has 9 aromatic rings. The smallest absolute Gasteiger partial charge is 0.164 e. The molecule has 0 radical (unpaired) electrons. The third kappa shape index (κ3) is 4.94. The molecule has 0 spiro atoms. The number of benzene rings is 8. The van der Waals surface area contributed by atoms with Crippen LogP contribution in [0.5, 0.6) is 0 Å². The lowest BCUT2D eigenvalue weighted by atomic mass is 9.70. The van der Waals surface area contributed by atoms with Gasteiger partial charge in [-0.05, 0) is 105 Å². The lowest BCUT2D eigenvalue weighted by molar-refractivity contribution is 0.660. The average Bonchev–Trinajstić information content (AvgIpc) is 3.71. The summed E-state index contributed by atoms with van der Waals surface area (Å²) < 4.78 is 0. The Morgan fingerprint density at radius 1 is 0.350 bits per heavy atom. The first-order chi connectivity index (χ1) is 29.4. The second-order valence-electron chi connectivity index (χ2n) is 17.0. The summed E-state index contributed by atoms with van der Waals surface area (Å²) in [6, 6.07) is 67.9. The molecule has 2 aliphatic carbocycles. The zero-order valence-electron chi connectivity index (χ0n) is 33.7. The van der Waals surface area contributed by atoms with E-state index in [1.165, 1.54) is 72.6 Å². The molecule has 60 heavy (non-hydrogen) atoms. The summed E-state index contributed by atoms with van der Waals surface area (Å²) in [5.41, 5.74) is 20.2. The molecule has 2 heterocycles. The molecule has 1 atom stereocenters. The summed E-state index contributed by atoms with van der Waals surface area (Å²) in [4.78, 5) is 17.6. The lowest BCUT2D eigenvalue weighted by Gasteiger charge is -2.43. The molecule has 0 N–H and O–H groups in total. The van der Waals surface area contributed by atoms with Crippen molar-refractivity contribution >= 4 is 17.1 Å². The average molecular weight is 769 g/mol. The first kappa shape index (κ1) is 34.6. The molecule has 0 saturated carbocycles. The van der Waals surface area contributed by atoms with Crippen LogP contribution >= 0.6 is 0 Å². The minimum absolute atomic E-state index is 0.284. The van der Waals surface area contributed by atoms with Crippen molar-refractivity contribution in [3.63, 3.8) is 0 Å². The monoisotopic (exact) mass is 768 g/mol. The highest BCUT2D eigenvalue weighted by Crippen LogP contribution is 2.63. The largest absolute Gasteiger partial charge is 0.310 e. The quantitative estimate of drug-likeness (QED) is 0.175. The van der Waals surface area contributed by atoms with Gasteiger partial charge in [0.25, 0.3) is 0 Å². The summed E-state index contributed by atoms with van der Waals surface area (Å²) in [5.74, 6) is 1.99. The zero-order chi connectivity index (χ0) is 40.2. The summed E-state index contributed by atoms with van der Waals surface area (Å²) in [5, 5.41) is 0. The highest BCUT2D eigenvalue weighted by Gasteiger charge is 2.48. The standard InChI is InChI=1S/C56H40N4/c1-55(2)46-33-39(54-58-52(36-18-9-5-10-19-36)57-53(59-54)37-20-11-6-12-21-37)26-29-42(46)43-30-28-40(34-47(43)55)60-49-31-27-38(35-16-7-4-8-17-35)32-48(49)56(3)45-24-14-13-22-41(45)44-23-15-25-50(60)51(44)56/h4-34H,1-3H3. The molecular weight excluding hydrogens is 729 g/mol. The molecular formula is C56H40N4. The van der Waals surface area contributed by atoms with Crippen molar-refractivity contribution in [1.29, 1.82) is 0 Å². The van der Waals surface area contributed by atoms with Gasteiger partial charge in [-0.2, -0.15) is 0 Å². The molecule has 0 bridgehead atoms. The predicted molar refractivity (Wildman–Crippen MR) is 245 cm³/mol. The number of hydrogen-bond donors (Lipinski definition) is 0. The van der Waals surface area contributed by atoms with Gasteiger partial charge < -0.3 is 4.90 Å². The predicted octanol–water partition coefficient (Wildman–Crippen LogP) is 14.0. The zero-order valence-corrected chi connectivity index (χ0v) is 33.7. The number of aromatic nitrogens is 3. The molecule has 1 aromatic heterocycles. The summed E-state index contributed by atoms with van der Waals surface area (Å²) in [7, 11) is 0. The van der Waals surface area contributed by atoms with E-state index in [-0.39, 0.29) is 10.8 Å². The van der Waals surface area contributed by atoms with Crippen LogP contribution in [-0.2, 0) is 10.8 Å². The van der Waals surface area contributed by atoms with Crippen LogP contribution in [0.1, 0.15) is 48.6 Å². The van der Waals surface area contributed by atoms with E-state index in [0.717, 1.165) is 22.4 Å². The van der Waals surface area contributed by atoms with E-state index in [1.807, 2.05) is 36.4 Å². The third-order valence-corrected chi connectivity index (χ3v) is 13.3. The molecule has 4 nitrogen and oxygen atoms in total. The fraction of sp³-hybridized carbons (Fsp3) is 0.0893. The van der Waals surface area contributed by atoms with E-state index >= 15 is 0 Å². The van der Waals surface area contributed by atoms with Gasteiger partial charge in [0.2, 0.25) is 0 Å². The van der Waals surface area contributed by atoms with Crippen molar-refractivity contribution in [2.75, 3.05) is 4.90 Å². The third-order valence-electron chi connectivity index (χ3n) is 13.3. The van der Waals surface area contributed by atoms with Crippen molar-refractivity contribution in [2.24, 2.45) is 0 Å². The fourth-order valence-electron chi connectivity index (χ4n) is 10.3. The molecule has 3 aliphatic rings. The van der Waals surface area contributed by atoms with Crippen LogP contribution in [0.2, 0.25) is 0 Å². The molecule has 284 valence electrons.